The second-order valence-electron chi connectivity index (χ2n) is 3.26. The molecule has 0 aliphatic heterocycles. The van der Waals surface area contributed by atoms with Gasteiger partial charge in [-0.2, -0.15) is 5.10 Å². The lowest BCUT2D eigenvalue weighted by Crippen LogP contribution is -1.98. The summed E-state index contributed by atoms with van der Waals surface area (Å²) >= 11 is 0. The van der Waals surface area contributed by atoms with Crippen molar-refractivity contribution >= 4 is 0 Å². The minimum Gasteiger partial charge on any atom is -0.466 e. The highest BCUT2D eigenvalue weighted by Gasteiger charge is 2.17. The number of furan rings is 1. The summed E-state index contributed by atoms with van der Waals surface area (Å²) in [4.78, 5) is 0. The average Bonchev–Trinajstić information content (AvgIpc) is 2.73. The molecular formula is C10H12N2O2. The Kier molecular flexibility index (Phi) is 2.13. The standard InChI is InChI=1S/C10H12N2O2/c1-7-8(6-12(2)11-7)10(13)9-4-3-5-14-9/h3-6,10,13H,1-2H3. The van der Waals surface area contributed by atoms with Gasteiger partial charge in [-0.1, -0.05) is 0 Å². The van der Waals surface area contributed by atoms with Crippen LogP contribution in [-0.2, 0) is 7.05 Å². The van der Waals surface area contributed by atoms with Crippen molar-refractivity contribution in [3.05, 3.63) is 41.6 Å². The van der Waals surface area contributed by atoms with Crippen LogP contribution in [0.1, 0.15) is 23.1 Å². The Bertz CT molecular complexity index is 417. The zero-order valence-corrected chi connectivity index (χ0v) is 8.14. The number of rotatable bonds is 2. The molecule has 2 aromatic rings. The summed E-state index contributed by atoms with van der Waals surface area (Å²) in [5.41, 5.74) is 1.60. The van der Waals surface area contributed by atoms with E-state index in [0.29, 0.717) is 5.76 Å². The SMILES string of the molecule is Cc1nn(C)cc1C(O)c1ccco1. The van der Waals surface area contributed by atoms with E-state index in [9.17, 15) is 5.11 Å². The van der Waals surface area contributed by atoms with Gasteiger partial charge in [0.2, 0.25) is 0 Å². The fourth-order valence-electron chi connectivity index (χ4n) is 1.49. The average molecular weight is 192 g/mol. The summed E-state index contributed by atoms with van der Waals surface area (Å²) in [6.45, 7) is 1.86. The summed E-state index contributed by atoms with van der Waals surface area (Å²) in [6, 6.07) is 3.50. The molecule has 14 heavy (non-hydrogen) atoms. The van der Waals surface area contributed by atoms with Gasteiger partial charge in [-0.15, -0.1) is 0 Å². The van der Waals surface area contributed by atoms with Gasteiger partial charge >= 0.3 is 0 Å². The Morgan fingerprint density at radius 1 is 1.57 bits per heavy atom. The van der Waals surface area contributed by atoms with Gasteiger partial charge in [0.1, 0.15) is 11.9 Å². The van der Waals surface area contributed by atoms with E-state index in [2.05, 4.69) is 5.10 Å². The zero-order chi connectivity index (χ0) is 10.1. The summed E-state index contributed by atoms with van der Waals surface area (Å²) in [7, 11) is 1.82. The Morgan fingerprint density at radius 2 is 2.36 bits per heavy atom. The van der Waals surface area contributed by atoms with E-state index in [0.717, 1.165) is 11.3 Å². The van der Waals surface area contributed by atoms with Gasteiger partial charge in [0.15, 0.2) is 0 Å². The molecule has 1 atom stereocenters. The van der Waals surface area contributed by atoms with Crippen molar-refractivity contribution in [2.45, 2.75) is 13.0 Å². The number of aliphatic hydroxyl groups excluding tert-OH is 1. The topological polar surface area (TPSA) is 51.2 Å². The monoisotopic (exact) mass is 192 g/mol. The van der Waals surface area contributed by atoms with Gasteiger partial charge in [-0.3, -0.25) is 4.68 Å². The van der Waals surface area contributed by atoms with Crippen LogP contribution in [0.25, 0.3) is 0 Å². The molecule has 1 unspecified atom stereocenters. The van der Waals surface area contributed by atoms with Gasteiger partial charge in [-0.25, -0.2) is 0 Å². The van der Waals surface area contributed by atoms with Gasteiger partial charge in [-0.05, 0) is 19.1 Å². The molecule has 0 radical (unpaired) electrons. The molecule has 4 heteroatoms. The Morgan fingerprint density at radius 3 is 2.86 bits per heavy atom. The van der Waals surface area contributed by atoms with Crippen molar-refractivity contribution in [1.29, 1.82) is 0 Å². The largest absolute Gasteiger partial charge is 0.466 e. The molecule has 0 aliphatic carbocycles. The number of aryl methyl sites for hydroxylation is 2. The molecule has 0 saturated carbocycles. The van der Waals surface area contributed by atoms with Gasteiger partial charge in [0, 0.05) is 18.8 Å². The second-order valence-corrected chi connectivity index (χ2v) is 3.26. The smallest absolute Gasteiger partial charge is 0.140 e. The summed E-state index contributed by atoms with van der Waals surface area (Å²) in [6.07, 6.45) is 2.62. The molecule has 0 saturated heterocycles. The van der Waals surface area contributed by atoms with Crippen LogP contribution >= 0.6 is 0 Å². The lowest BCUT2D eigenvalue weighted by atomic mass is 10.1. The highest BCUT2D eigenvalue weighted by atomic mass is 16.4. The molecule has 2 rings (SSSR count). The molecule has 0 bridgehead atoms. The van der Waals surface area contributed by atoms with E-state index in [1.807, 2.05) is 14.0 Å². The quantitative estimate of drug-likeness (QED) is 0.782. The third-order valence-corrected chi connectivity index (χ3v) is 2.16. The van der Waals surface area contributed by atoms with E-state index in [1.165, 1.54) is 0 Å². The predicted molar refractivity (Wildman–Crippen MR) is 50.7 cm³/mol. The van der Waals surface area contributed by atoms with E-state index < -0.39 is 6.10 Å². The minimum absolute atomic E-state index is 0.543. The molecule has 1 N–H and O–H groups in total. The molecule has 2 aromatic heterocycles. The predicted octanol–water partition coefficient (Wildman–Crippen LogP) is 1.40. The first kappa shape index (κ1) is 9.02. The normalized spacial score (nSPS) is 13.1. The first-order chi connectivity index (χ1) is 6.68. The van der Waals surface area contributed by atoms with E-state index in [4.69, 9.17) is 4.42 Å². The van der Waals surface area contributed by atoms with Crippen molar-refractivity contribution in [3.63, 3.8) is 0 Å². The first-order valence-corrected chi connectivity index (χ1v) is 4.40. The lowest BCUT2D eigenvalue weighted by Gasteiger charge is -2.05. The number of hydrogen-bond acceptors (Lipinski definition) is 3. The summed E-state index contributed by atoms with van der Waals surface area (Å²) < 4.78 is 6.80. The van der Waals surface area contributed by atoms with Crippen LogP contribution in [0.4, 0.5) is 0 Å². The fourth-order valence-corrected chi connectivity index (χ4v) is 1.49. The van der Waals surface area contributed by atoms with Crippen LogP contribution in [0, 0.1) is 6.92 Å². The van der Waals surface area contributed by atoms with Crippen LogP contribution < -0.4 is 0 Å². The highest BCUT2D eigenvalue weighted by molar-refractivity contribution is 5.25. The molecule has 74 valence electrons. The number of nitrogens with zero attached hydrogens (tertiary/aromatic N) is 2. The van der Waals surface area contributed by atoms with Gasteiger partial charge < -0.3 is 9.52 Å². The molecule has 0 amide bonds. The maximum Gasteiger partial charge on any atom is 0.140 e. The molecule has 0 aromatic carbocycles. The van der Waals surface area contributed by atoms with Crippen LogP contribution in [0.15, 0.2) is 29.0 Å². The highest BCUT2D eigenvalue weighted by Crippen LogP contribution is 2.23. The van der Waals surface area contributed by atoms with Crippen LogP contribution in [-0.4, -0.2) is 14.9 Å². The first-order valence-electron chi connectivity index (χ1n) is 4.40. The van der Waals surface area contributed by atoms with Crippen molar-refractivity contribution in [2.24, 2.45) is 7.05 Å². The Balaban J connectivity index is 2.36. The second kappa shape index (κ2) is 3.31. The van der Waals surface area contributed by atoms with E-state index in [1.54, 1.807) is 29.3 Å². The molecule has 2 heterocycles. The Hall–Kier alpha value is -1.55. The van der Waals surface area contributed by atoms with E-state index >= 15 is 0 Å². The maximum atomic E-state index is 9.93. The minimum atomic E-state index is -0.723. The summed E-state index contributed by atoms with van der Waals surface area (Å²) in [5.74, 6) is 0.543. The molecule has 0 aliphatic rings. The van der Waals surface area contributed by atoms with Crippen LogP contribution in [0.5, 0.6) is 0 Å². The van der Waals surface area contributed by atoms with Gasteiger partial charge in [0.05, 0.1) is 12.0 Å². The number of aromatic nitrogens is 2. The molecule has 0 spiro atoms. The fraction of sp³-hybridized carbons (Fsp3) is 0.300. The maximum absolute atomic E-state index is 9.93. The third kappa shape index (κ3) is 1.44. The Labute approximate surface area is 81.8 Å². The van der Waals surface area contributed by atoms with Crippen molar-refractivity contribution in [2.75, 3.05) is 0 Å². The van der Waals surface area contributed by atoms with E-state index in [-0.39, 0.29) is 0 Å². The lowest BCUT2D eigenvalue weighted by molar-refractivity contribution is 0.188. The summed E-state index contributed by atoms with van der Waals surface area (Å²) in [5, 5.41) is 14.1. The number of aliphatic hydroxyl groups is 1. The van der Waals surface area contributed by atoms with Crippen molar-refractivity contribution in [3.8, 4) is 0 Å². The van der Waals surface area contributed by atoms with Crippen LogP contribution in [0.2, 0.25) is 0 Å². The van der Waals surface area contributed by atoms with Crippen LogP contribution in [0.3, 0.4) is 0 Å². The van der Waals surface area contributed by atoms with Crippen molar-refractivity contribution < 1.29 is 9.52 Å². The molecule has 4 nitrogen and oxygen atoms in total. The van der Waals surface area contributed by atoms with Gasteiger partial charge in [0.25, 0.3) is 0 Å². The molecule has 0 fully saturated rings. The van der Waals surface area contributed by atoms with Crippen molar-refractivity contribution in [1.82, 2.24) is 9.78 Å². The number of hydrogen-bond donors (Lipinski definition) is 1. The zero-order valence-electron chi connectivity index (χ0n) is 8.14. The third-order valence-electron chi connectivity index (χ3n) is 2.16. The molecular weight excluding hydrogens is 180 g/mol.